The molecule has 0 atom stereocenters. The van der Waals surface area contributed by atoms with E-state index in [4.69, 9.17) is 0 Å². The number of thioether (sulfide) groups is 1. The van der Waals surface area contributed by atoms with E-state index < -0.39 is 4.92 Å². The molecule has 3 aromatic carbocycles. The predicted octanol–water partition coefficient (Wildman–Crippen LogP) is 5.83. The van der Waals surface area contributed by atoms with E-state index in [9.17, 15) is 19.3 Å². The van der Waals surface area contributed by atoms with E-state index in [0.717, 1.165) is 25.8 Å². The second-order valence-electron chi connectivity index (χ2n) is 6.59. The molecule has 0 unspecified atom stereocenters. The Kier molecular flexibility index (Phi) is 6.52. The van der Waals surface area contributed by atoms with Crippen molar-refractivity contribution in [2.75, 3.05) is 11.1 Å². The number of non-ortho nitro benzene ring substituents is 1. The number of anilines is 1. The van der Waals surface area contributed by atoms with Crippen LogP contribution in [0.2, 0.25) is 0 Å². The van der Waals surface area contributed by atoms with Crippen molar-refractivity contribution in [2.45, 2.75) is 4.34 Å². The van der Waals surface area contributed by atoms with Gasteiger partial charge in [0, 0.05) is 24.0 Å². The number of thiazole rings is 1. The summed E-state index contributed by atoms with van der Waals surface area (Å²) in [6.07, 6.45) is 1.66. The number of hydrogen-bond acceptors (Lipinski definition) is 7. The van der Waals surface area contributed by atoms with E-state index in [0.29, 0.717) is 5.69 Å². The zero-order valence-electron chi connectivity index (χ0n) is 16.4. The number of nitrogens with one attached hydrogen (secondary N) is 1. The summed E-state index contributed by atoms with van der Waals surface area (Å²) < 4.78 is 14.7. The molecule has 32 heavy (non-hydrogen) atoms. The van der Waals surface area contributed by atoms with Crippen molar-refractivity contribution in [3.8, 4) is 0 Å². The predicted molar refractivity (Wildman–Crippen MR) is 126 cm³/mol. The van der Waals surface area contributed by atoms with Gasteiger partial charge in [0.25, 0.3) is 5.69 Å². The van der Waals surface area contributed by atoms with Crippen molar-refractivity contribution >= 4 is 62.5 Å². The molecule has 4 aromatic rings. The summed E-state index contributed by atoms with van der Waals surface area (Å²) in [6.45, 7) is 0. The standard InChI is InChI=1S/C22H15FN4O3S2/c23-15-6-4-14(5-7-15)12-24-16-8-9-19-20(11-16)32-22(26-19)31-13-21(28)25-17-2-1-3-18(10-17)27(29)30/h1-12H,13H2,(H,25,28). The van der Waals surface area contributed by atoms with Crippen LogP contribution in [0.3, 0.4) is 0 Å². The summed E-state index contributed by atoms with van der Waals surface area (Å²) >= 11 is 2.74. The van der Waals surface area contributed by atoms with Crippen molar-refractivity contribution in [3.05, 3.63) is 88.2 Å². The molecular formula is C22H15FN4O3S2. The Morgan fingerprint density at radius 3 is 2.78 bits per heavy atom. The Balaban J connectivity index is 1.38. The second kappa shape index (κ2) is 9.67. The normalized spacial score (nSPS) is 11.2. The van der Waals surface area contributed by atoms with Crippen LogP contribution in [0.15, 0.2) is 76.1 Å². The number of nitro groups is 1. The van der Waals surface area contributed by atoms with Gasteiger partial charge in [0.1, 0.15) is 5.82 Å². The van der Waals surface area contributed by atoms with Crippen LogP contribution < -0.4 is 5.32 Å². The largest absolute Gasteiger partial charge is 0.325 e. The van der Waals surface area contributed by atoms with E-state index in [1.807, 2.05) is 18.2 Å². The van der Waals surface area contributed by atoms with Crippen LogP contribution in [-0.2, 0) is 4.79 Å². The molecule has 4 rings (SSSR count). The monoisotopic (exact) mass is 466 g/mol. The first-order valence-electron chi connectivity index (χ1n) is 9.33. The molecule has 1 aromatic heterocycles. The van der Waals surface area contributed by atoms with Crippen LogP contribution in [0.4, 0.5) is 21.5 Å². The molecule has 0 spiro atoms. The molecule has 0 saturated heterocycles. The fraction of sp³-hybridized carbons (Fsp3) is 0.0455. The molecule has 0 aliphatic carbocycles. The average molecular weight is 467 g/mol. The third-order valence-corrected chi connectivity index (χ3v) is 6.41. The zero-order chi connectivity index (χ0) is 22.5. The Hall–Kier alpha value is -3.63. The number of halogens is 1. The number of hydrogen-bond donors (Lipinski definition) is 1. The topological polar surface area (TPSA) is 97.5 Å². The van der Waals surface area contributed by atoms with Crippen molar-refractivity contribution in [2.24, 2.45) is 4.99 Å². The van der Waals surface area contributed by atoms with Crippen LogP contribution in [0, 0.1) is 15.9 Å². The number of aromatic nitrogens is 1. The molecule has 10 heteroatoms. The van der Waals surface area contributed by atoms with E-state index in [2.05, 4.69) is 15.3 Å². The number of aliphatic imine (C=N–C) groups is 1. The highest BCUT2D eigenvalue weighted by atomic mass is 32.2. The van der Waals surface area contributed by atoms with Gasteiger partial charge in [-0.05, 0) is 42.0 Å². The molecule has 1 amide bonds. The van der Waals surface area contributed by atoms with Crippen LogP contribution >= 0.6 is 23.1 Å². The summed E-state index contributed by atoms with van der Waals surface area (Å²) in [5, 5.41) is 13.5. The van der Waals surface area contributed by atoms with Gasteiger partial charge in [0.2, 0.25) is 5.91 Å². The Labute approximate surface area is 190 Å². The summed E-state index contributed by atoms with van der Waals surface area (Å²) in [4.78, 5) is 31.5. The van der Waals surface area contributed by atoms with E-state index in [-0.39, 0.29) is 23.2 Å². The fourth-order valence-electron chi connectivity index (χ4n) is 2.75. The van der Waals surface area contributed by atoms with E-state index >= 15 is 0 Å². The Morgan fingerprint density at radius 2 is 2.00 bits per heavy atom. The smallest absolute Gasteiger partial charge is 0.271 e. The summed E-state index contributed by atoms with van der Waals surface area (Å²) in [6, 6.07) is 17.5. The van der Waals surface area contributed by atoms with Gasteiger partial charge in [-0.25, -0.2) is 9.37 Å². The molecule has 0 saturated carbocycles. The highest BCUT2D eigenvalue weighted by Crippen LogP contribution is 2.32. The number of benzene rings is 3. The van der Waals surface area contributed by atoms with Gasteiger partial charge in [0.15, 0.2) is 4.34 Å². The first-order chi connectivity index (χ1) is 15.5. The van der Waals surface area contributed by atoms with Gasteiger partial charge >= 0.3 is 0 Å². The number of nitro benzene ring substituents is 1. The molecule has 0 radical (unpaired) electrons. The minimum Gasteiger partial charge on any atom is -0.325 e. The molecule has 7 nitrogen and oxygen atoms in total. The van der Waals surface area contributed by atoms with Crippen molar-refractivity contribution in [1.82, 2.24) is 4.98 Å². The first kappa shape index (κ1) is 21.6. The highest BCUT2D eigenvalue weighted by molar-refractivity contribution is 8.01. The van der Waals surface area contributed by atoms with Gasteiger partial charge in [-0.2, -0.15) is 0 Å². The van der Waals surface area contributed by atoms with Crippen molar-refractivity contribution < 1.29 is 14.1 Å². The lowest BCUT2D eigenvalue weighted by atomic mass is 10.2. The number of nitrogens with zero attached hydrogens (tertiary/aromatic N) is 3. The number of rotatable bonds is 7. The Bertz CT molecular complexity index is 1320. The summed E-state index contributed by atoms with van der Waals surface area (Å²) in [5.74, 6) is -0.450. The minimum absolute atomic E-state index is 0.0838. The van der Waals surface area contributed by atoms with Gasteiger partial charge in [-0.1, -0.05) is 30.0 Å². The lowest BCUT2D eigenvalue weighted by Gasteiger charge is -2.03. The third-order valence-electron chi connectivity index (χ3n) is 4.25. The molecule has 0 aliphatic rings. The summed E-state index contributed by atoms with van der Waals surface area (Å²) in [7, 11) is 0. The highest BCUT2D eigenvalue weighted by Gasteiger charge is 2.11. The fourth-order valence-corrected chi connectivity index (χ4v) is 4.66. The van der Waals surface area contributed by atoms with Gasteiger partial charge < -0.3 is 5.32 Å². The molecule has 0 aliphatic heterocycles. The van der Waals surface area contributed by atoms with Gasteiger partial charge in [0.05, 0.1) is 26.6 Å². The second-order valence-corrected chi connectivity index (χ2v) is 8.84. The van der Waals surface area contributed by atoms with Gasteiger partial charge in [-0.15, -0.1) is 11.3 Å². The van der Waals surface area contributed by atoms with Crippen LogP contribution in [0.1, 0.15) is 5.56 Å². The number of carbonyl (C=O) groups is 1. The van der Waals surface area contributed by atoms with E-state index in [1.165, 1.54) is 53.4 Å². The average Bonchev–Trinajstić information content (AvgIpc) is 3.20. The molecule has 1 heterocycles. The number of carbonyl (C=O) groups excluding carboxylic acids is 1. The van der Waals surface area contributed by atoms with Crippen molar-refractivity contribution in [1.29, 1.82) is 0 Å². The maximum absolute atomic E-state index is 13.0. The number of amides is 1. The molecule has 160 valence electrons. The molecule has 0 fully saturated rings. The maximum atomic E-state index is 13.0. The summed E-state index contributed by atoms with van der Waals surface area (Å²) in [5.41, 5.74) is 2.63. The third kappa shape index (κ3) is 5.54. The van der Waals surface area contributed by atoms with Crippen LogP contribution in [-0.4, -0.2) is 27.8 Å². The minimum atomic E-state index is -0.510. The van der Waals surface area contributed by atoms with Crippen LogP contribution in [0.25, 0.3) is 10.2 Å². The molecule has 1 N–H and O–H groups in total. The number of fused-ring (bicyclic) bond motifs is 1. The Morgan fingerprint density at radius 1 is 1.19 bits per heavy atom. The quantitative estimate of drug-likeness (QED) is 0.160. The molecular weight excluding hydrogens is 451 g/mol. The van der Waals surface area contributed by atoms with E-state index in [1.54, 1.807) is 24.4 Å². The first-order valence-corrected chi connectivity index (χ1v) is 11.1. The van der Waals surface area contributed by atoms with Crippen molar-refractivity contribution in [3.63, 3.8) is 0 Å². The zero-order valence-corrected chi connectivity index (χ0v) is 18.0. The lowest BCUT2D eigenvalue weighted by Crippen LogP contribution is -2.13. The van der Waals surface area contributed by atoms with Crippen LogP contribution in [0.5, 0.6) is 0 Å². The molecule has 0 bridgehead atoms. The van der Waals surface area contributed by atoms with Gasteiger partial charge in [-0.3, -0.25) is 19.9 Å². The maximum Gasteiger partial charge on any atom is 0.271 e. The lowest BCUT2D eigenvalue weighted by molar-refractivity contribution is -0.384. The SMILES string of the molecule is O=C(CSc1nc2ccc(N=Cc3ccc(F)cc3)cc2s1)Nc1cccc([N+](=O)[O-])c1.